The Kier molecular flexibility index (Phi) is 4.69. The molecule has 2 aliphatic rings. The van der Waals surface area contributed by atoms with Gasteiger partial charge in [0.1, 0.15) is 11.6 Å². The normalized spacial score (nSPS) is 21.7. The molecule has 3 heterocycles. The highest BCUT2D eigenvalue weighted by atomic mass is 16.5. The first kappa shape index (κ1) is 15.3. The summed E-state index contributed by atoms with van der Waals surface area (Å²) in [6.45, 7) is 3.41. The highest BCUT2D eigenvalue weighted by Gasteiger charge is 2.17. The average molecular weight is 309 g/mol. The number of hydrogen-bond donors (Lipinski definition) is 2. The van der Waals surface area contributed by atoms with Crippen LogP contribution in [-0.4, -0.2) is 29.2 Å². The number of nitrogens with one attached hydrogen (secondary N) is 2. The van der Waals surface area contributed by atoms with E-state index in [9.17, 15) is 5.26 Å². The first-order chi connectivity index (χ1) is 11.3. The molecule has 1 saturated heterocycles. The van der Waals surface area contributed by atoms with Crippen LogP contribution in [0.4, 0.5) is 5.95 Å². The van der Waals surface area contributed by atoms with Crippen LogP contribution in [0.3, 0.4) is 0 Å². The first-order valence-corrected chi connectivity index (χ1v) is 7.71. The Balaban J connectivity index is 1.83. The van der Waals surface area contributed by atoms with Gasteiger partial charge in [-0.3, -0.25) is 0 Å². The number of nitriles is 1. The molecule has 1 unspecified atom stereocenters. The number of hydrogen-bond acceptors (Lipinski definition) is 6. The summed E-state index contributed by atoms with van der Waals surface area (Å²) in [6, 6.07) is 2.24. The number of aryl methyl sites for hydroxylation is 1. The van der Waals surface area contributed by atoms with Gasteiger partial charge in [0.25, 0.3) is 0 Å². The molecular formula is C17H19N5O. The third-order valence-corrected chi connectivity index (χ3v) is 3.81. The lowest BCUT2D eigenvalue weighted by Gasteiger charge is -2.13. The van der Waals surface area contributed by atoms with E-state index in [1.54, 1.807) is 12.4 Å². The van der Waals surface area contributed by atoms with Gasteiger partial charge in [-0.1, -0.05) is 6.08 Å². The summed E-state index contributed by atoms with van der Waals surface area (Å²) in [7, 11) is 0. The topological polar surface area (TPSA) is 82.9 Å². The van der Waals surface area contributed by atoms with Crippen LogP contribution in [-0.2, 0) is 4.74 Å². The van der Waals surface area contributed by atoms with Gasteiger partial charge >= 0.3 is 0 Å². The third-order valence-electron chi connectivity index (χ3n) is 3.81. The molecule has 0 amide bonds. The van der Waals surface area contributed by atoms with Crippen molar-refractivity contribution in [3.63, 3.8) is 0 Å². The van der Waals surface area contributed by atoms with Gasteiger partial charge in [-0.15, -0.1) is 0 Å². The van der Waals surface area contributed by atoms with Crippen LogP contribution < -0.4 is 10.6 Å². The zero-order valence-electron chi connectivity index (χ0n) is 13.0. The first-order valence-electron chi connectivity index (χ1n) is 7.71. The van der Waals surface area contributed by atoms with Crippen molar-refractivity contribution >= 4 is 11.5 Å². The number of ether oxygens (including phenoxy) is 1. The van der Waals surface area contributed by atoms with Crippen LogP contribution in [0.1, 0.15) is 24.1 Å². The Morgan fingerprint density at radius 1 is 1.52 bits per heavy atom. The van der Waals surface area contributed by atoms with Crippen molar-refractivity contribution < 1.29 is 4.74 Å². The minimum Gasteiger partial charge on any atom is -0.376 e. The molecule has 1 aromatic heterocycles. The molecule has 1 fully saturated rings. The Morgan fingerprint density at radius 2 is 2.43 bits per heavy atom. The number of nitrogens with zero attached hydrogens (tertiary/aromatic N) is 3. The summed E-state index contributed by atoms with van der Waals surface area (Å²) < 4.78 is 5.59. The summed E-state index contributed by atoms with van der Waals surface area (Å²) >= 11 is 0. The quantitative estimate of drug-likeness (QED) is 0.830. The lowest BCUT2D eigenvalue weighted by atomic mass is 10.1. The van der Waals surface area contributed by atoms with Crippen LogP contribution in [0.2, 0.25) is 0 Å². The molecule has 23 heavy (non-hydrogen) atoms. The second-order valence-electron chi connectivity index (χ2n) is 5.50. The molecule has 6 heteroatoms. The highest BCUT2D eigenvalue weighted by Crippen LogP contribution is 2.21. The molecule has 0 aromatic carbocycles. The molecule has 2 N–H and O–H groups in total. The van der Waals surface area contributed by atoms with Gasteiger partial charge in [-0.05, 0) is 37.5 Å². The highest BCUT2D eigenvalue weighted by molar-refractivity contribution is 5.80. The van der Waals surface area contributed by atoms with E-state index in [0.29, 0.717) is 23.8 Å². The zero-order valence-corrected chi connectivity index (χ0v) is 13.0. The molecule has 0 aliphatic carbocycles. The lowest BCUT2D eigenvalue weighted by Crippen LogP contribution is -2.20. The van der Waals surface area contributed by atoms with E-state index in [2.05, 4.69) is 26.7 Å². The van der Waals surface area contributed by atoms with Gasteiger partial charge in [-0.25, -0.2) is 9.97 Å². The van der Waals surface area contributed by atoms with Crippen molar-refractivity contribution in [3.05, 3.63) is 47.6 Å². The fraction of sp³-hybridized carbons (Fsp3) is 0.353. The number of dihydropyridines is 1. The second-order valence-corrected chi connectivity index (χ2v) is 5.50. The van der Waals surface area contributed by atoms with Crippen molar-refractivity contribution in [2.45, 2.75) is 25.9 Å². The molecule has 3 rings (SSSR count). The molecule has 0 radical (unpaired) electrons. The number of anilines is 1. The standard InChI is InChI=1S/C17H19N5O/c1-12-10-20-17(21-11-13-5-4-8-23-13)22-16(12)14(9-18)15-6-2-3-7-19-15/h2-3,6-7,10,13,19H,4-5,8,11H2,1H3,(H,20,21,22). The van der Waals surface area contributed by atoms with Crippen LogP contribution in [0.5, 0.6) is 0 Å². The second kappa shape index (κ2) is 7.07. The fourth-order valence-electron chi connectivity index (χ4n) is 2.58. The maximum Gasteiger partial charge on any atom is 0.223 e. The van der Waals surface area contributed by atoms with Gasteiger partial charge in [0, 0.05) is 25.5 Å². The van der Waals surface area contributed by atoms with Crippen LogP contribution in [0.25, 0.3) is 5.57 Å². The monoisotopic (exact) mass is 309 g/mol. The summed E-state index contributed by atoms with van der Waals surface area (Å²) in [5.74, 6) is 0.518. The lowest BCUT2D eigenvalue weighted by molar-refractivity contribution is 0.120. The van der Waals surface area contributed by atoms with Crippen molar-refractivity contribution in [1.82, 2.24) is 15.3 Å². The minimum atomic E-state index is 0.213. The van der Waals surface area contributed by atoms with Gasteiger partial charge in [0.15, 0.2) is 0 Å². The predicted octanol–water partition coefficient (Wildman–Crippen LogP) is 2.28. The number of aromatic nitrogens is 2. The van der Waals surface area contributed by atoms with E-state index in [0.717, 1.165) is 30.7 Å². The molecule has 118 valence electrons. The molecular weight excluding hydrogens is 290 g/mol. The van der Waals surface area contributed by atoms with E-state index in [1.165, 1.54) is 0 Å². The van der Waals surface area contributed by atoms with Crippen LogP contribution >= 0.6 is 0 Å². The maximum absolute atomic E-state index is 9.54. The van der Waals surface area contributed by atoms with E-state index in [4.69, 9.17) is 4.74 Å². The van der Waals surface area contributed by atoms with Gasteiger partial charge in [-0.2, -0.15) is 5.26 Å². The van der Waals surface area contributed by atoms with Crippen molar-refractivity contribution in [2.75, 3.05) is 18.5 Å². The van der Waals surface area contributed by atoms with E-state index in [1.807, 2.05) is 25.2 Å². The van der Waals surface area contributed by atoms with Crippen molar-refractivity contribution in [2.24, 2.45) is 0 Å². The molecule has 1 aromatic rings. The summed E-state index contributed by atoms with van der Waals surface area (Å²) in [5, 5.41) is 15.8. The molecule has 2 aliphatic heterocycles. The van der Waals surface area contributed by atoms with E-state index < -0.39 is 0 Å². The Morgan fingerprint density at radius 3 is 3.13 bits per heavy atom. The predicted molar refractivity (Wildman–Crippen MR) is 88.2 cm³/mol. The third kappa shape index (κ3) is 3.58. The summed E-state index contributed by atoms with van der Waals surface area (Å²) in [5.41, 5.74) is 2.74. The Hall–Kier alpha value is -2.65. The van der Waals surface area contributed by atoms with Gasteiger partial charge < -0.3 is 15.4 Å². The Bertz CT molecular complexity index is 708. The molecule has 0 saturated carbocycles. The largest absolute Gasteiger partial charge is 0.376 e. The van der Waals surface area contributed by atoms with E-state index >= 15 is 0 Å². The molecule has 6 nitrogen and oxygen atoms in total. The minimum absolute atomic E-state index is 0.213. The SMILES string of the molecule is Cc1cnc(NCC2CCCO2)nc1C(C#N)=C1C=CC=CN1. The smallest absolute Gasteiger partial charge is 0.223 e. The zero-order chi connectivity index (χ0) is 16.1. The van der Waals surface area contributed by atoms with Gasteiger partial charge in [0.05, 0.1) is 17.5 Å². The number of allylic oxidation sites excluding steroid dienone is 4. The Labute approximate surface area is 135 Å². The van der Waals surface area contributed by atoms with Crippen LogP contribution in [0, 0.1) is 18.3 Å². The number of rotatable bonds is 4. The van der Waals surface area contributed by atoms with Crippen LogP contribution in [0.15, 0.2) is 36.3 Å². The molecule has 0 bridgehead atoms. The van der Waals surface area contributed by atoms with E-state index in [-0.39, 0.29) is 6.10 Å². The fourth-order valence-corrected chi connectivity index (χ4v) is 2.58. The summed E-state index contributed by atoms with van der Waals surface area (Å²) in [4.78, 5) is 8.82. The van der Waals surface area contributed by atoms with Crippen molar-refractivity contribution in [3.8, 4) is 6.07 Å². The van der Waals surface area contributed by atoms with Crippen molar-refractivity contribution in [1.29, 1.82) is 5.26 Å². The molecule has 0 spiro atoms. The maximum atomic E-state index is 9.54. The molecule has 1 atom stereocenters. The summed E-state index contributed by atoms with van der Waals surface area (Å²) in [6.07, 6.45) is 11.5. The average Bonchev–Trinajstić information content (AvgIpc) is 3.10. The van der Waals surface area contributed by atoms with Gasteiger partial charge in [0.2, 0.25) is 5.95 Å².